The van der Waals surface area contributed by atoms with Crippen molar-refractivity contribution in [1.82, 2.24) is 0 Å². The van der Waals surface area contributed by atoms with Gasteiger partial charge in [-0.05, 0) is 0 Å². The fraction of sp³-hybridized carbons (Fsp3) is 0.714. The zero-order valence-corrected chi connectivity index (χ0v) is 24.7. The maximum atomic E-state index is 14.5. The van der Waals surface area contributed by atoms with Crippen LogP contribution in [0.4, 0.5) is 0 Å². The van der Waals surface area contributed by atoms with Crippen LogP contribution in [0.1, 0.15) is 32.2 Å². The van der Waals surface area contributed by atoms with Crippen molar-refractivity contribution in [3.05, 3.63) is 35.9 Å². The fourth-order valence-electron chi connectivity index (χ4n) is 3.68. The standard InChI is InChI=1S/C21H43GeO3PSi2/c1-10-22(11-2,12-3)18-19-26(23,25-28(7,8)9)21(24-27(4,5)6)20-16-14-13-15-17-20/h13-17,21H,10-12,18-19H2,1-9H3. The van der Waals surface area contributed by atoms with Crippen LogP contribution in [0, 0.1) is 0 Å². The molecule has 0 saturated carbocycles. The van der Waals surface area contributed by atoms with E-state index in [2.05, 4.69) is 72.2 Å². The third kappa shape index (κ3) is 8.23. The van der Waals surface area contributed by atoms with Crippen LogP contribution in [0.25, 0.3) is 0 Å². The van der Waals surface area contributed by atoms with Gasteiger partial charge in [0.25, 0.3) is 0 Å². The molecule has 3 nitrogen and oxygen atoms in total. The van der Waals surface area contributed by atoms with Gasteiger partial charge >= 0.3 is 179 Å². The molecule has 0 aliphatic carbocycles. The normalized spacial score (nSPS) is 16.6. The second-order valence-corrected chi connectivity index (χ2v) is 33.5. The molecule has 0 aliphatic heterocycles. The summed E-state index contributed by atoms with van der Waals surface area (Å²) in [5.41, 5.74) is 1.01. The summed E-state index contributed by atoms with van der Waals surface area (Å²) in [6.07, 6.45) is 0.677. The van der Waals surface area contributed by atoms with Crippen molar-refractivity contribution >= 4 is 37.3 Å². The van der Waals surface area contributed by atoms with E-state index in [4.69, 9.17) is 8.64 Å². The van der Waals surface area contributed by atoms with Crippen LogP contribution < -0.4 is 0 Å². The number of rotatable bonds is 12. The zero-order chi connectivity index (χ0) is 21.6. The molecule has 7 heteroatoms. The van der Waals surface area contributed by atoms with E-state index in [0.29, 0.717) is 6.16 Å². The summed E-state index contributed by atoms with van der Waals surface area (Å²) >= 11 is -1.96. The van der Waals surface area contributed by atoms with Gasteiger partial charge in [-0.25, -0.2) is 0 Å². The first-order valence-corrected chi connectivity index (χ1v) is 25.4. The number of benzene rings is 1. The quantitative estimate of drug-likeness (QED) is 0.213. The first-order valence-electron chi connectivity index (χ1n) is 10.8. The molecule has 0 bridgehead atoms. The Morgan fingerprint density at radius 3 is 1.79 bits per heavy atom. The average molecular weight is 503 g/mol. The Kier molecular flexibility index (Phi) is 9.97. The first-order chi connectivity index (χ1) is 12.8. The van der Waals surface area contributed by atoms with Crippen molar-refractivity contribution in [3.8, 4) is 0 Å². The summed E-state index contributed by atoms with van der Waals surface area (Å²) in [4.78, 5) is 0. The van der Waals surface area contributed by atoms with E-state index in [1.807, 2.05) is 18.2 Å². The molecule has 0 saturated heterocycles. The molecule has 1 aromatic carbocycles. The van der Waals surface area contributed by atoms with E-state index in [0.717, 1.165) is 10.8 Å². The fourth-order valence-corrected chi connectivity index (χ4v) is 22.5. The molecule has 0 radical (unpaired) electrons. The van der Waals surface area contributed by atoms with Crippen molar-refractivity contribution in [1.29, 1.82) is 0 Å². The van der Waals surface area contributed by atoms with Crippen LogP contribution in [-0.2, 0) is 13.2 Å². The molecule has 0 fully saturated rings. The summed E-state index contributed by atoms with van der Waals surface area (Å²) in [6.45, 7) is 20.0. The van der Waals surface area contributed by atoms with E-state index in [9.17, 15) is 4.57 Å². The van der Waals surface area contributed by atoms with E-state index < -0.39 is 43.1 Å². The van der Waals surface area contributed by atoms with Gasteiger partial charge in [-0.1, -0.05) is 0 Å². The predicted molar refractivity (Wildman–Crippen MR) is 133 cm³/mol. The van der Waals surface area contributed by atoms with Gasteiger partial charge in [0.05, 0.1) is 0 Å². The summed E-state index contributed by atoms with van der Waals surface area (Å²) in [6, 6.07) is 10.1. The van der Waals surface area contributed by atoms with Crippen LogP contribution in [0.2, 0.25) is 60.3 Å². The molecule has 28 heavy (non-hydrogen) atoms. The number of hydrogen-bond donors (Lipinski definition) is 0. The molecule has 1 rings (SSSR count). The topological polar surface area (TPSA) is 35.5 Å². The minimum absolute atomic E-state index is 0.433. The molecule has 0 aliphatic rings. The Labute approximate surface area is 179 Å². The summed E-state index contributed by atoms with van der Waals surface area (Å²) in [5, 5.41) is 5.00. The Hall–Kier alpha value is 0.347. The molecule has 0 spiro atoms. The average Bonchev–Trinajstić information content (AvgIpc) is 2.60. The van der Waals surface area contributed by atoms with Crippen molar-refractivity contribution in [2.45, 2.75) is 86.9 Å². The second-order valence-electron chi connectivity index (χ2n) is 9.96. The molecule has 0 N–H and O–H groups in total. The summed E-state index contributed by atoms with van der Waals surface area (Å²) in [7, 11) is -6.89. The second kappa shape index (κ2) is 10.6. The van der Waals surface area contributed by atoms with Gasteiger partial charge in [-0.3, -0.25) is 0 Å². The van der Waals surface area contributed by atoms with Crippen LogP contribution in [-0.4, -0.2) is 36.1 Å². The molecule has 0 amide bonds. The van der Waals surface area contributed by atoms with Gasteiger partial charge < -0.3 is 0 Å². The maximum absolute atomic E-state index is 14.5. The molecular formula is C21H43GeO3PSi2. The molecule has 162 valence electrons. The molecular weight excluding hydrogens is 460 g/mol. The molecule has 2 atom stereocenters. The summed E-state index contributed by atoms with van der Waals surface area (Å²) < 4.78 is 27.7. The third-order valence-electron chi connectivity index (χ3n) is 5.54. The Bertz CT molecular complexity index is 629. The Morgan fingerprint density at radius 2 is 1.39 bits per heavy atom. The molecule has 0 aromatic heterocycles. The van der Waals surface area contributed by atoms with Gasteiger partial charge in [0, 0.05) is 0 Å². The van der Waals surface area contributed by atoms with Crippen molar-refractivity contribution in [2.24, 2.45) is 0 Å². The van der Waals surface area contributed by atoms with Gasteiger partial charge in [0.2, 0.25) is 0 Å². The third-order valence-corrected chi connectivity index (χ3v) is 25.1. The first kappa shape index (κ1) is 26.4. The SMILES string of the molecule is C[CH2][Ge]([CH2]C)([CH2]C)[CH2]CP(=O)(O[Si](C)(C)C)C(O[Si](C)(C)C)c1ccccc1. The van der Waals surface area contributed by atoms with Crippen LogP contribution in [0.3, 0.4) is 0 Å². The van der Waals surface area contributed by atoms with Crippen LogP contribution in [0.5, 0.6) is 0 Å². The number of hydrogen-bond acceptors (Lipinski definition) is 3. The molecule has 2 unspecified atom stereocenters. The van der Waals surface area contributed by atoms with E-state index >= 15 is 0 Å². The van der Waals surface area contributed by atoms with E-state index in [1.165, 1.54) is 15.8 Å². The van der Waals surface area contributed by atoms with Crippen LogP contribution in [0.15, 0.2) is 30.3 Å². The Balaban J connectivity index is 3.38. The van der Waals surface area contributed by atoms with Crippen LogP contribution >= 0.6 is 7.37 Å². The molecule has 0 heterocycles. The summed E-state index contributed by atoms with van der Waals surface area (Å²) in [5.74, 6) is -0.433. The molecule has 1 aromatic rings. The van der Waals surface area contributed by atoms with Gasteiger partial charge in [0.1, 0.15) is 0 Å². The van der Waals surface area contributed by atoms with E-state index in [-0.39, 0.29) is 0 Å². The van der Waals surface area contributed by atoms with Crippen molar-refractivity contribution in [3.63, 3.8) is 0 Å². The van der Waals surface area contributed by atoms with E-state index in [1.54, 1.807) is 0 Å². The minimum atomic E-state index is -2.98. The zero-order valence-electron chi connectivity index (χ0n) is 19.7. The monoisotopic (exact) mass is 504 g/mol. The van der Waals surface area contributed by atoms with Crippen molar-refractivity contribution in [2.75, 3.05) is 6.16 Å². The van der Waals surface area contributed by atoms with Gasteiger partial charge in [-0.15, -0.1) is 0 Å². The Morgan fingerprint density at radius 1 is 0.893 bits per heavy atom. The predicted octanol–water partition coefficient (Wildman–Crippen LogP) is 8.17. The van der Waals surface area contributed by atoms with Gasteiger partial charge in [-0.2, -0.15) is 0 Å². The van der Waals surface area contributed by atoms with Crippen molar-refractivity contribution < 1.29 is 13.2 Å². The van der Waals surface area contributed by atoms with Gasteiger partial charge in [0.15, 0.2) is 0 Å².